The van der Waals surface area contributed by atoms with Crippen molar-refractivity contribution in [3.8, 4) is 17.2 Å². The van der Waals surface area contributed by atoms with E-state index in [0.717, 1.165) is 10.4 Å². The molecule has 1 aromatic heterocycles. The summed E-state index contributed by atoms with van der Waals surface area (Å²) >= 11 is 1.56. The van der Waals surface area contributed by atoms with Crippen molar-refractivity contribution in [1.29, 1.82) is 0 Å². The molecule has 1 heterocycles. The molecule has 0 saturated heterocycles. The molecule has 0 aliphatic heterocycles. The zero-order valence-corrected chi connectivity index (χ0v) is 14.4. The van der Waals surface area contributed by atoms with Crippen LogP contribution in [0.3, 0.4) is 0 Å². The average molecular weight is 336 g/mol. The molecule has 1 N–H and O–H groups in total. The van der Waals surface area contributed by atoms with Gasteiger partial charge in [0, 0.05) is 10.4 Å². The van der Waals surface area contributed by atoms with Crippen LogP contribution in [0.1, 0.15) is 21.9 Å². The van der Waals surface area contributed by atoms with Crippen LogP contribution in [0, 0.1) is 6.92 Å². The number of hydrogen-bond donors (Lipinski definition) is 1. The minimum Gasteiger partial charge on any atom is -0.493 e. The molecular weight excluding hydrogens is 316 g/mol. The molecule has 0 fully saturated rings. The molecule has 0 amide bonds. The number of methoxy groups -OCH3 is 3. The Labute approximate surface area is 139 Å². The molecule has 0 bridgehead atoms. The van der Waals surface area contributed by atoms with Crippen LogP contribution in [0.15, 0.2) is 23.6 Å². The van der Waals surface area contributed by atoms with Crippen molar-refractivity contribution in [2.45, 2.75) is 19.3 Å². The Kier molecular flexibility index (Phi) is 5.50. The van der Waals surface area contributed by atoms with E-state index in [4.69, 9.17) is 14.2 Å². The van der Waals surface area contributed by atoms with Crippen LogP contribution in [0.25, 0.3) is 0 Å². The molecule has 6 heteroatoms. The van der Waals surface area contributed by atoms with Gasteiger partial charge in [-0.15, -0.1) is 11.3 Å². The first-order valence-electron chi connectivity index (χ1n) is 7.08. The van der Waals surface area contributed by atoms with Gasteiger partial charge < -0.3 is 19.3 Å². The Hall–Kier alpha value is -2.21. The lowest BCUT2D eigenvalue weighted by Crippen LogP contribution is -2.16. The van der Waals surface area contributed by atoms with Crippen LogP contribution in [0.2, 0.25) is 0 Å². The lowest BCUT2D eigenvalue weighted by atomic mass is 9.92. The van der Waals surface area contributed by atoms with Crippen molar-refractivity contribution in [2.75, 3.05) is 21.3 Å². The third-order valence-corrected chi connectivity index (χ3v) is 4.81. The highest BCUT2D eigenvalue weighted by molar-refractivity contribution is 7.10. The SMILES string of the molecule is COc1ccc(C(Cc2sccc2C)C(=O)O)c(OC)c1OC. The summed E-state index contributed by atoms with van der Waals surface area (Å²) in [6, 6.07) is 5.42. The van der Waals surface area contributed by atoms with E-state index in [9.17, 15) is 9.90 Å². The molecule has 1 aromatic carbocycles. The maximum absolute atomic E-state index is 11.8. The van der Waals surface area contributed by atoms with E-state index in [1.807, 2.05) is 18.4 Å². The van der Waals surface area contributed by atoms with E-state index in [2.05, 4.69) is 0 Å². The summed E-state index contributed by atoms with van der Waals surface area (Å²) < 4.78 is 16.0. The fraction of sp³-hybridized carbons (Fsp3) is 0.353. The van der Waals surface area contributed by atoms with E-state index in [-0.39, 0.29) is 0 Å². The first-order valence-corrected chi connectivity index (χ1v) is 7.96. The minimum absolute atomic E-state index is 0.397. The van der Waals surface area contributed by atoms with Crippen LogP contribution in [0.4, 0.5) is 0 Å². The molecule has 0 radical (unpaired) electrons. The molecule has 1 unspecified atom stereocenters. The predicted octanol–water partition coefficient (Wildman–Crippen LogP) is 3.49. The largest absolute Gasteiger partial charge is 0.493 e. The summed E-state index contributed by atoms with van der Waals surface area (Å²) in [7, 11) is 4.53. The van der Waals surface area contributed by atoms with Gasteiger partial charge in [0.2, 0.25) is 5.75 Å². The number of rotatable bonds is 7. The van der Waals surface area contributed by atoms with Gasteiger partial charge in [-0.2, -0.15) is 0 Å². The highest BCUT2D eigenvalue weighted by atomic mass is 32.1. The van der Waals surface area contributed by atoms with Crippen molar-refractivity contribution in [3.05, 3.63) is 39.6 Å². The van der Waals surface area contributed by atoms with Gasteiger partial charge in [0.15, 0.2) is 11.5 Å². The number of carboxylic acid groups (broad SMARTS) is 1. The van der Waals surface area contributed by atoms with Crippen molar-refractivity contribution < 1.29 is 24.1 Å². The second-order valence-electron chi connectivity index (χ2n) is 5.05. The number of ether oxygens (including phenoxy) is 3. The molecule has 5 nitrogen and oxygen atoms in total. The first kappa shape index (κ1) is 17.1. The van der Waals surface area contributed by atoms with Crippen molar-refractivity contribution in [3.63, 3.8) is 0 Å². The Morgan fingerprint density at radius 2 is 1.83 bits per heavy atom. The van der Waals surface area contributed by atoms with Crippen LogP contribution < -0.4 is 14.2 Å². The zero-order chi connectivity index (χ0) is 17.0. The molecule has 23 heavy (non-hydrogen) atoms. The number of thiophene rings is 1. The van der Waals surface area contributed by atoms with Gasteiger partial charge in [0.05, 0.1) is 27.2 Å². The fourth-order valence-electron chi connectivity index (χ4n) is 2.53. The number of hydrogen-bond acceptors (Lipinski definition) is 5. The lowest BCUT2D eigenvalue weighted by Gasteiger charge is -2.20. The topological polar surface area (TPSA) is 65.0 Å². The normalized spacial score (nSPS) is 11.8. The Morgan fingerprint density at radius 3 is 2.30 bits per heavy atom. The molecule has 0 spiro atoms. The standard InChI is InChI=1S/C17H20O5S/c1-10-7-8-23-14(10)9-12(17(18)19)11-5-6-13(20-2)16(22-4)15(11)21-3/h5-8,12H,9H2,1-4H3,(H,18,19). The maximum atomic E-state index is 11.8. The van der Waals surface area contributed by atoms with Crippen LogP contribution in [-0.2, 0) is 11.2 Å². The van der Waals surface area contributed by atoms with Gasteiger partial charge in [-0.3, -0.25) is 4.79 Å². The predicted molar refractivity (Wildman–Crippen MR) is 89.2 cm³/mol. The average Bonchev–Trinajstić information content (AvgIpc) is 2.95. The van der Waals surface area contributed by atoms with E-state index < -0.39 is 11.9 Å². The summed E-state index contributed by atoms with van der Waals surface area (Å²) in [4.78, 5) is 12.9. The van der Waals surface area contributed by atoms with E-state index in [0.29, 0.717) is 29.2 Å². The lowest BCUT2D eigenvalue weighted by molar-refractivity contribution is -0.138. The zero-order valence-electron chi connectivity index (χ0n) is 13.6. The van der Waals surface area contributed by atoms with E-state index in [1.54, 1.807) is 23.5 Å². The first-order chi connectivity index (χ1) is 11.0. The van der Waals surface area contributed by atoms with Gasteiger partial charge in [-0.25, -0.2) is 0 Å². The van der Waals surface area contributed by atoms with Gasteiger partial charge >= 0.3 is 5.97 Å². The molecule has 124 valence electrons. The van der Waals surface area contributed by atoms with E-state index in [1.165, 1.54) is 21.3 Å². The third-order valence-electron chi connectivity index (χ3n) is 3.77. The van der Waals surface area contributed by atoms with Crippen LogP contribution in [0.5, 0.6) is 17.2 Å². The smallest absolute Gasteiger partial charge is 0.311 e. The summed E-state index contributed by atoms with van der Waals surface area (Å²) in [5.41, 5.74) is 1.67. The molecule has 2 aromatic rings. The van der Waals surface area contributed by atoms with Gasteiger partial charge in [0.25, 0.3) is 0 Å². The van der Waals surface area contributed by atoms with Gasteiger partial charge in [-0.1, -0.05) is 6.07 Å². The van der Waals surface area contributed by atoms with Crippen molar-refractivity contribution in [2.24, 2.45) is 0 Å². The Balaban J connectivity index is 2.51. The van der Waals surface area contributed by atoms with Gasteiger partial charge in [-0.05, 0) is 36.4 Å². The highest BCUT2D eigenvalue weighted by Crippen LogP contribution is 2.43. The molecule has 0 aliphatic carbocycles. The molecule has 2 rings (SSSR count). The molecule has 1 atom stereocenters. The number of aliphatic carboxylic acids is 1. The van der Waals surface area contributed by atoms with Crippen molar-refractivity contribution in [1.82, 2.24) is 0 Å². The number of carboxylic acids is 1. The Morgan fingerprint density at radius 1 is 1.13 bits per heavy atom. The third kappa shape index (κ3) is 3.42. The summed E-state index contributed by atoms with van der Waals surface area (Å²) in [6.07, 6.45) is 0.407. The van der Waals surface area contributed by atoms with Crippen LogP contribution >= 0.6 is 11.3 Å². The van der Waals surface area contributed by atoms with E-state index >= 15 is 0 Å². The number of carbonyl (C=O) groups is 1. The van der Waals surface area contributed by atoms with Gasteiger partial charge in [0.1, 0.15) is 0 Å². The summed E-state index contributed by atoms with van der Waals surface area (Å²) in [5, 5.41) is 11.7. The van der Waals surface area contributed by atoms with Crippen LogP contribution in [-0.4, -0.2) is 32.4 Å². The Bertz CT molecular complexity index is 692. The van der Waals surface area contributed by atoms with Crippen molar-refractivity contribution >= 4 is 17.3 Å². The second kappa shape index (κ2) is 7.37. The summed E-state index contributed by atoms with van der Waals surface area (Å²) in [5.74, 6) is -0.315. The quantitative estimate of drug-likeness (QED) is 0.838. The fourth-order valence-corrected chi connectivity index (χ4v) is 3.48. The highest BCUT2D eigenvalue weighted by Gasteiger charge is 2.28. The maximum Gasteiger partial charge on any atom is 0.311 e. The molecule has 0 aliphatic rings. The number of benzene rings is 1. The number of aryl methyl sites for hydroxylation is 1. The summed E-state index contributed by atoms with van der Waals surface area (Å²) in [6.45, 7) is 1.98. The molecule has 0 saturated carbocycles. The minimum atomic E-state index is -0.900. The molecular formula is C17H20O5S. The monoisotopic (exact) mass is 336 g/mol. The second-order valence-corrected chi connectivity index (χ2v) is 6.05.